The Morgan fingerprint density at radius 3 is 2.67 bits per heavy atom. The summed E-state index contributed by atoms with van der Waals surface area (Å²) in [4.78, 5) is 11.4. The Kier molecular flexibility index (Phi) is 6.03. The number of phenolic OH excluding ortho intramolecular Hbond substituents is 1. The van der Waals surface area contributed by atoms with Crippen LogP contribution < -0.4 is 20.7 Å². The molecule has 2 aliphatic rings. The fraction of sp³-hybridized carbons (Fsp3) is 0.333. The van der Waals surface area contributed by atoms with E-state index in [9.17, 15) is 5.11 Å². The first kappa shape index (κ1) is 23.2. The van der Waals surface area contributed by atoms with Crippen LogP contribution in [0.2, 0.25) is 5.02 Å². The van der Waals surface area contributed by atoms with Crippen LogP contribution in [0.3, 0.4) is 0 Å². The minimum atomic E-state index is -0.571. The van der Waals surface area contributed by atoms with Gasteiger partial charge in [0.25, 0.3) is 0 Å². The van der Waals surface area contributed by atoms with Crippen molar-refractivity contribution in [3.63, 3.8) is 0 Å². The summed E-state index contributed by atoms with van der Waals surface area (Å²) in [5, 5.41) is 16.3. The Morgan fingerprint density at radius 2 is 1.89 bits per heavy atom. The molecule has 2 fully saturated rings. The monoisotopic (exact) mass is 507 g/mol. The molecule has 7 nitrogen and oxygen atoms in total. The number of hydrogen-bond acceptors (Lipinski definition) is 7. The lowest BCUT2D eigenvalue weighted by molar-refractivity contribution is 0.289. The maximum Gasteiger partial charge on any atom is 0.319 e. The fourth-order valence-corrected chi connectivity index (χ4v) is 5.72. The third-order valence-corrected chi connectivity index (χ3v) is 7.35. The number of nitrogens with one attached hydrogen (secondary N) is 1. The Hall–Kier alpha value is -3.20. The molecular weight excluding hydrogens is 481 g/mol. The van der Waals surface area contributed by atoms with Gasteiger partial charge in [0.05, 0.1) is 11.6 Å². The number of fused-ring (bicyclic) bond motifs is 4. The maximum atomic E-state index is 16.4. The second-order valence-electron chi connectivity index (χ2n) is 9.52. The second kappa shape index (κ2) is 9.35. The van der Waals surface area contributed by atoms with E-state index in [4.69, 9.17) is 27.1 Å². The SMILES string of the molecule is NCCCOc1nc(N2CC3CCC(C2)N3)c2cc(Cl)c(-c3cc(O)cc4ccccc34)c(F)c2n1. The van der Waals surface area contributed by atoms with Gasteiger partial charge < -0.3 is 25.8 Å². The molecule has 3 aromatic carbocycles. The zero-order valence-corrected chi connectivity index (χ0v) is 20.4. The van der Waals surface area contributed by atoms with Gasteiger partial charge >= 0.3 is 6.01 Å². The first-order chi connectivity index (χ1) is 17.5. The number of nitrogens with two attached hydrogens (primary N) is 1. The van der Waals surface area contributed by atoms with E-state index in [0.29, 0.717) is 48.4 Å². The van der Waals surface area contributed by atoms with Crippen molar-refractivity contribution in [2.24, 2.45) is 5.73 Å². The molecule has 1 aromatic heterocycles. The van der Waals surface area contributed by atoms with Crippen molar-refractivity contribution in [2.45, 2.75) is 31.3 Å². The summed E-state index contributed by atoms with van der Waals surface area (Å²) in [6.07, 6.45) is 2.85. The lowest BCUT2D eigenvalue weighted by Crippen LogP contribution is -2.51. The highest BCUT2D eigenvalue weighted by Crippen LogP contribution is 2.42. The summed E-state index contributed by atoms with van der Waals surface area (Å²) in [6, 6.07) is 13.3. The van der Waals surface area contributed by atoms with Gasteiger partial charge in [-0.25, -0.2) is 4.39 Å². The van der Waals surface area contributed by atoms with Gasteiger partial charge in [-0.2, -0.15) is 9.97 Å². The standard InChI is InChI=1S/C27H27ClFN5O2/c28-22-12-21-25(24(29)23(22)20-11-18(35)10-15-4-1-2-5-19(15)20)32-27(36-9-3-8-30)33-26(21)34-13-16-6-7-17(14-34)31-16/h1-2,4-5,10-12,16-17,31,35H,3,6-9,13-14,30H2. The number of benzene rings is 3. The van der Waals surface area contributed by atoms with Gasteiger partial charge in [0.15, 0.2) is 5.82 Å². The number of rotatable bonds is 6. The molecule has 2 saturated heterocycles. The van der Waals surface area contributed by atoms with E-state index in [1.165, 1.54) is 6.07 Å². The molecule has 0 aliphatic carbocycles. The molecule has 0 radical (unpaired) electrons. The highest BCUT2D eigenvalue weighted by Gasteiger charge is 2.34. The van der Waals surface area contributed by atoms with Gasteiger partial charge in [-0.05, 0) is 60.3 Å². The minimum absolute atomic E-state index is 0.0322. The number of ether oxygens (including phenoxy) is 1. The van der Waals surface area contributed by atoms with Crippen LogP contribution in [-0.2, 0) is 0 Å². The van der Waals surface area contributed by atoms with Crippen LogP contribution in [0.25, 0.3) is 32.8 Å². The van der Waals surface area contributed by atoms with Gasteiger partial charge in [0.2, 0.25) is 0 Å². The van der Waals surface area contributed by atoms with E-state index < -0.39 is 5.82 Å². The van der Waals surface area contributed by atoms with E-state index >= 15 is 4.39 Å². The zero-order chi connectivity index (χ0) is 24.8. The molecule has 2 atom stereocenters. The number of nitrogens with zero attached hydrogens (tertiary/aromatic N) is 3. The number of piperazine rings is 1. The number of aromatic hydroxyl groups is 1. The van der Waals surface area contributed by atoms with Crippen LogP contribution in [0.1, 0.15) is 19.3 Å². The summed E-state index contributed by atoms with van der Waals surface area (Å²) in [7, 11) is 0. The largest absolute Gasteiger partial charge is 0.508 e. The molecule has 0 amide bonds. The van der Waals surface area contributed by atoms with Crippen molar-refractivity contribution < 1.29 is 14.2 Å². The van der Waals surface area contributed by atoms with Crippen molar-refractivity contribution in [3.8, 4) is 22.9 Å². The van der Waals surface area contributed by atoms with Crippen molar-refractivity contribution in [2.75, 3.05) is 31.1 Å². The molecular formula is C27H27ClFN5O2. The normalized spacial score (nSPS) is 19.4. The van der Waals surface area contributed by atoms with E-state index in [1.54, 1.807) is 12.1 Å². The first-order valence-electron chi connectivity index (χ1n) is 12.3. The number of halogens is 2. The third kappa shape index (κ3) is 4.09. The highest BCUT2D eigenvalue weighted by atomic mass is 35.5. The van der Waals surface area contributed by atoms with Crippen LogP contribution in [0.4, 0.5) is 10.2 Å². The van der Waals surface area contributed by atoms with Gasteiger partial charge in [-0.1, -0.05) is 35.9 Å². The molecule has 3 heterocycles. The molecule has 9 heteroatoms. The Balaban J connectivity index is 1.56. The zero-order valence-electron chi connectivity index (χ0n) is 19.7. The summed E-state index contributed by atoms with van der Waals surface area (Å²) in [5.74, 6) is 0.0812. The van der Waals surface area contributed by atoms with Crippen molar-refractivity contribution in [1.82, 2.24) is 15.3 Å². The second-order valence-corrected chi connectivity index (χ2v) is 9.93. The van der Waals surface area contributed by atoms with Crippen LogP contribution in [0.5, 0.6) is 11.8 Å². The van der Waals surface area contributed by atoms with Gasteiger partial charge in [-0.3, -0.25) is 0 Å². The van der Waals surface area contributed by atoms with Crippen LogP contribution >= 0.6 is 11.6 Å². The fourth-order valence-electron chi connectivity index (χ4n) is 5.43. The van der Waals surface area contributed by atoms with Crippen LogP contribution in [0, 0.1) is 5.82 Å². The third-order valence-electron chi connectivity index (χ3n) is 7.05. The quantitative estimate of drug-likeness (QED) is 0.328. The number of anilines is 1. The number of hydrogen-bond donors (Lipinski definition) is 3. The molecule has 186 valence electrons. The molecule has 4 aromatic rings. The highest BCUT2D eigenvalue weighted by molar-refractivity contribution is 6.35. The smallest absolute Gasteiger partial charge is 0.319 e. The topological polar surface area (TPSA) is 96.5 Å². The Bertz CT molecular complexity index is 1450. The average Bonchev–Trinajstić information content (AvgIpc) is 3.21. The molecule has 0 spiro atoms. The van der Waals surface area contributed by atoms with Crippen LogP contribution in [-0.4, -0.2) is 53.4 Å². The summed E-state index contributed by atoms with van der Waals surface area (Å²) in [5.41, 5.74) is 6.45. The first-order valence-corrected chi connectivity index (χ1v) is 12.7. The molecule has 4 N–H and O–H groups in total. The lowest BCUT2D eigenvalue weighted by atomic mass is 9.96. The van der Waals surface area contributed by atoms with E-state index in [0.717, 1.165) is 36.7 Å². The number of phenols is 1. The van der Waals surface area contributed by atoms with Crippen molar-refractivity contribution >= 4 is 39.1 Å². The molecule has 2 aliphatic heterocycles. The van der Waals surface area contributed by atoms with Gasteiger partial charge in [0.1, 0.15) is 17.1 Å². The molecule has 6 rings (SSSR count). The predicted octanol–water partition coefficient (Wildman–Crippen LogP) is 4.62. The molecule has 2 bridgehead atoms. The summed E-state index contributed by atoms with van der Waals surface area (Å²) >= 11 is 6.77. The van der Waals surface area contributed by atoms with Gasteiger partial charge in [-0.15, -0.1) is 0 Å². The Labute approximate surface area is 213 Å². The molecule has 36 heavy (non-hydrogen) atoms. The predicted molar refractivity (Wildman–Crippen MR) is 140 cm³/mol. The lowest BCUT2D eigenvalue weighted by Gasteiger charge is -2.34. The van der Waals surface area contributed by atoms with Gasteiger partial charge in [0, 0.05) is 36.1 Å². The minimum Gasteiger partial charge on any atom is -0.508 e. The van der Waals surface area contributed by atoms with Crippen molar-refractivity contribution in [1.29, 1.82) is 0 Å². The molecule has 0 saturated carbocycles. The average molecular weight is 508 g/mol. The summed E-state index contributed by atoms with van der Waals surface area (Å²) in [6.45, 7) is 2.35. The molecule has 2 unspecified atom stereocenters. The maximum absolute atomic E-state index is 16.4. The summed E-state index contributed by atoms with van der Waals surface area (Å²) < 4.78 is 22.2. The number of aromatic nitrogens is 2. The van der Waals surface area contributed by atoms with E-state index in [2.05, 4.69) is 15.2 Å². The van der Waals surface area contributed by atoms with Crippen LogP contribution in [0.15, 0.2) is 42.5 Å². The Morgan fingerprint density at radius 1 is 1.11 bits per heavy atom. The van der Waals surface area contributed by atoms with E-state index in [-0.39, 0.29) is 27.9 Å². The van der Waals surface area contributed by atoms with E-state index in [1.807, 2.05) is 24.3 Å². The van der Waals surface area contributed by atoms with Crippen molar-refractivity contribution in [3.05, 3.63) is 53.3 Å².